The Morgan fingerprint density at radius 1 is 1.14 bits per heavy atom. The third kappa shape index (κ3) is 5.84. The number of ether oxygens (including phenoxy) is 2. The minimum atomic E-state index is -4.79. The number of nitrogens with zero attached hydrogens (tertiary/aromatic N) is 5. The van der Waals surface area contributed by atoms with E-state index in [0.717, 1.165) is 16.7 Å². The average molecular weight is 598 g/mol. The van der Waals surface area contributed by atoms with Crippen molar-refractivity contribution in [3.05, 3.63) is 111 Å². The first-order valence-electron chi connectivity index (χ1n) is 12.7. The second-order valence-corrected chi connectivity index (χ2v) is 9.60. The van der Waals surface area contributed by atoms with Crippen molar-refractivity contribution < 1.29 is 27.4 Å². The molecule has 0 N–H and O–H groups in total. The molecule has 0 radical (unpaired) electrons. The zero-order valence-corrected chi connectivity index (χ0v) is 23.1. The van der Waals surface area contributed by atoms with Gasteiger partial charge in [0.25, 0.3) is 5.56 Å². The Kier molecular flexibility index (Phi) is 7.99. The molecule has 216 valence electrons. The summed E-state index contributed by atoms with van der Waals surface area (Å²) in [6, 6.07) is 10.5. The first-order valence-corrected chi connectivity index (χ1v) is 13.1. The maximum absolute atomic E-state index is 13.3. The number of alkyl halides is 3. The number of carbonyl (C=O) groups excluding carboxylic acids is 1. The third-order valence-electron chi connectivity index (χ3n) is 6.35. The van der Waals surface area contributed by atoms with Crippen LogP contribution in [0.15, 0.2) is 72.0 Å². The number of carbonyl (C=O) groups is 1. The first-order chi connectivity index (χ1) is 20.1. The fourth-order valence-electron chi connectivity index (χ4n) is 4.39. The molecule has 4 heterocycles. The number of hydrogen-bond acceptors (Lipinski definition) is 7. The molecule has 4 aromatic heterocycles. The molecule has 0 atom stereocenters. The molecule has 0 bridgehead atoms. The van der Waals surface area contributed by atoms with Crippen LogP contribution < -0.4 is 10.3 Å². The second kappa shape index (κ2) is 11.6. The van der Waals surface area contributed by atoms with Gasteiger partial charge in [-0.2, -0.15) is 18.3 Å². The normalized spacial score (nSPS) is 11.6. The molecule has 0 fully saturated rings. The van der Waals surface area contributed by atoms with Gasteiger partial charge in [0.05, 0.1) is 41.3 Å². The number of esters is 1. The van der Waals surface area contributed by atoms with Crippen LogP contribution in [0.2, 0.25) is 5.02 Å². The van der Waals surface area contributed by atoms with Gasteiger partial charge in [-0.05, 0) is 44.2 Å². The number of aryl methyl sites for hydroxylation is 1. The predicted octanol–water partition coefficient (Wildman–Crippen LogP) is 5.76. The van der Waals surface area contributed by atoms with Crippen LogP contribution in [0.1, 0.15) is 39.8 Å². The van der Waals surface area contributed by atoms with Crippen LogP contribution in [0, 0.1) is 6.92 Å². The molecule has 5 aromatic rings. The smallest absolute Gasteiger partial charge is 0.421 e. The molecule has 0 aliphatic carbocycles. The molecule has 0 spiro atoms. The SMILES string of the molecule is CCOC(=O)c1cnn(-c2cc(C)nc3c(OCc4c(Cl)ccnc4Cn4cccc(C(F)(F)F)c4=O)cccc23)c1. The lowest BCUT2D eigenvalue weighted by molar-refractivity contribution is -0.138. The van der Waals surface area contributed by atoms with Gasteiger partial charge in [0, 0.05) is 35.2 Å². The first kappa shape index (κ1) is 28.8. The predicted molar refractivity (Wildman–Crippen MR) is 148 cm³/mol. The molecule has 13 heteroatoms. The van der Waals surface area contributed by atoms with E-state index < -0.39 is 23.3 Å². The van der Waals surface area contributed by atoms with Crippen molar-refractivity contribution in [1.29, 1.82) is 0 Å². The van der Waals surface area contributed by atoms with Crippen molar-refractivity contribution in [3.8, 4) is 11.4 Å². The second-order valence-electron chi connectivity index (χ2n) is 9.19. The van der Waals surface area contributed by atoms with E-state index in [9.17, 15) is 22.8 Å². The summed E-state index contributed by atoms with van der Waals surface area (Å²) < 4.78 is 53.5. The van der Waals surface area contributed by atoms with Crippen LogP contribution in [0.5, 0.6) is 5.75 Å². The molecule has 0 unspecified atom stereocenters. The Morgan fingerprint density at radius 2 is 1.95 bits per heavy atom. The number of fused-ring (bicyclic) bond motifs is 1. The van der Waals surface area contributed by atoms with Crippen LogP contribution in [0.25, 0.3) is 16.6 Å². The molecular weight excluding hydrogens is 575 g/mol. The standard InChI is InChI=1S/C29H23ClF3N5O4/c1-3-41-28(40)18-13-35-38(14-18)24-12-17(2)36-26-19(24)6-4-8-25(26)42-16-20-22(30)9-10-34-23(20)15-37-11-5-7-21(27(37)39)29(31,32)33/h4-14H,3,15-16H2,1-2H3. The maximum Gasteiger partial charge on any atom is 0.421 e. The Labute approximate surface area is 242 Å². The summed E-state index contributed by atoms with van der Waals surface area (Å²) in [6.45, 7) is 3.41. The molecule has 5 rings (SSSR count). The summed E-state index contributed by atoms with van der Waals surface area (Å²) in [7, 11) is 0. The van der Waals surface area contributed by atoms with Crippen molar-refractivity contribution in [3.63, 3.8) is 0 Å². The molecule has 9 nitrogen and oxygen atoms in total. The molecule has 1 aromatic carbocycles. The van der Waals surface area contributed by atoms with Gasteiger partial charge in [-0.3, -0.25) is 9.78 Å². The van der Waals surface area contributed by atoms with Gasteiger partial charge in [-0.25, -0.2) is 14.5 Å². The van der Waals surface area contributed by atoms with Crippen molar-refractivity contribution in [1.82, 2.24) is 24.3 Å². The van der Waals surface area contributed by atoms with E-state index in [1.807, 2.05) is 12.1 Å². The highest BCUT2D eigenvalue weighted by molar-refractivity contribution is 6.31. The van der Waals surface area contributed by atoms with E-state index >= 15 is 0 Å². The zero-order chi connectivity index (χ0) is 30.0. The van der Waals surface area contributed by atoms with Crippen molar-refractivity contribution in [2.24, 2.45) is 0 Å². The summed E-state index contributed by atoms with van der Waals surface area (Å²) >= 11 is 6.45. The van der Waals surface area contributed by atoms with Crippen molar-refractivity contribution in [2.75, 3.05) is 6.61 Å². The minimum Gasteiger partial charge on any atom is -0.486 e. The van der Waals surface area contributed by atoms with E-state index in [0.29, 0.717) is 39.2 Å². The van der Waals surface area contributed by atoms with Gasteiger partial charge in [0.15, 0.2) is 0 Å². The molecule has 0 saturated carbocycles. The van der Waals surface area contributed by atoms with Crippen LogP contribution in [-0.4, -0.2) is 36.9 Å². The van der Waals surface area contributed by atoms with Crippen LogP contribution in [0.4, 0.5) is 13.2 Å². The number of pyridine rings is 3. The molecular formula is C29H23ClF3N5O4. The lowest BCUT2D eigenvalue weighted by Crippen LogP contribution is -2.28. The topological polar surface area (TPSA) is 101 Å². The lowest BCUT2D eigenvalue weighted by atomic mass is 10.1. The zero-order valence-electron chi connectivity index (χ0n) is 22.4. The van der Waals surface area contributed by atoms with E-state index in [2.05, 4.69) is 15.1 Å². The molecule has 42 heavy (non-hydrogen) atoms. The van der Waals surface area contributed by atoms with Gasteiger partial charge in [-0.1, -0.05) is 23.7 Å². The van der Waals surface area contributed by atoms with E-state index in [-0.39, 0.29) is 30.5 Å². The molecule has 0 amide bonds. The summed E-state index contributed by atoms with van der Waals surface area (Å²) in [5.74, 6) is -0.0864. The number of benzene rings is 1. The summed E-state index contributed by atoms with van der Waals surface area (Å²) in [5, 5.41) is 5.28. The highest BCUT2D eigenvalue weighted by atomic mass is 35.5. The van der Waals surface area contributed by atoms with Crippen LogP contribution >= 0.6 is 11.6 Å². The van der Waals surface area contributed by atoms with Crippen molar-refractivity contribution in [2.45, 2.75) is 33.2 Å². The number of aromatic nitrogens is 5. The maximum atomic E-state index is 13.3. The van der Waals surface area contributed by atoms with Gasteiger partial charge in [0.1, 0.15) is 23.4 Å². The summed E-state index contributed by atoms with van der Waals surface area (Å²) in [6.07, 6.45) is 0.858. The quantitative estimate of drug-likeness (QED) is 0.210. The highest BCUT2D eigenvalue weighted by Gasteiger charge is 2.34. The Bertz CT molecular complexity index is 1850. The number of halogens is 4. The Morgan fingerprint density at radius 3 is 2.71 bits per heavy atom. The van der Waals surface area contributed by atoms with E-state index in [1.165, 1.54) is 24.7 Å². The summed E-state index contributed by atoms with van der Waals surface area (Å²) in [4.78, 5) is 33.6. The average Bonchev–Trinajstić information content (AvgIpc) is 3.43. The monoisotopic (exact) mass is 597 g/mol. The minimum absolute atomic E-state index is 0.103. The fraction of sp³-hybridized carbons (Fsp3) is 0.207. The molecule has 0 aliphatic heterocycles. The number of hydrogen-bond donors (Lipinski definition) is 0. The summed E-state index contributed by atoms with van der Waals surface area (Å²) in [5.41, 5.74) is 0.334. The van der Waals surface area contributed by atoms with E-state index in [1.54, 1.807) is 36.9 Å². The Hall–Kier alpha value is -4.71. The van der Waals surface area contributed by atoms with E-state index in [4.69, 9.17) is 21.1 Å². The van der Waals surface area contributed by atoms with Crippen molar-refractivity contribution >= 4 is 28.5 Å². The van der Waals surface area contributed by atoms with Crippen LogP contribution in [0.3, 0.4) is 0 Å². The molecule has 0 aliphatic rings. The van der Waals surface area contributed by atoms with Gasteiger partial charge in [-0.15, -0.1) is 0 Å². The number of para-hydroxylation sites is 1. The van der Waals surface area contributed by atoms with Gasteiger partial charge in [0.2, 0.25) is 0 Å². The van der Waals surface area contributed by atoms with Gasteiger partial charge >= 0.3 is 12.1 Å². The lowest BCUT2D eigenvalue weighted by Gasteiger charge is -2.16. The Balaban J connectivity index is 1.47. The number of rotatable bonds is 8. The highest BCUT2D eigenvalue weighted by Crippen LogP contribution is 2.31. The molecule has 0 saturated heterocycles. The third-order valence-corrected chi connectivity index (χ3v) is 6.71. The van der Waals surface area contributed by atoms with Crippen LogP contribution in [-0.2, 0) is 24.1 Å². The fourth-order valence-corrected chi connectivity index (χ4v) is 4.61. The van der Waals surface area contributed by atoms with Gasteiger partial charge < -0.3 is 14.0 Å². The largest absolute Gasteiger partial charge is 0.486 e.